The number of aryl methyl sites for hydroxylation is 2. The number of nitrogens with zero attached hydrogens (tertiary/aromatic N) is 3. The van der Waals surface area contributed by atoms with Gasteiger partial charge in [0.15, 0.2) is 0 Å². The molecule has 0 saturated carbocycles. The average Bonchev–Trinajstić information content (AvgIpc) is 2.99. The van der Waals surface area contributed by atoms with E-state index in [-0.39, 0.29) is 5.91 Å². The molecule has 1 aromatic carbocycles. The van der Waals surface area contributed by atoms with Crippen LogP contribution in [0.5, 0.6) is 0 Å². The van der Waals surface area contributed by atoms with E-state index >= 15 is 0 Å². The smallest absolute Gasteiger partial charge is 0.278 e. The minimum absolute atomic E-state index is 0.0675. The second-order valence-corrected chi connectivity index (χ2v) is 5.02. The van der Waals surface area contributed by atoms with Gasteiger partial charge in [0.2, 0.25) is 0 Å². The van der Waals surface area contributed by atoms with Crippen molar-refractivity contribution in [2.45, 2.75) is 19.8 Å². The molecular formula is C15H18N4O. The van der Waals surface area contributed by atoms with Crippen molar-refractivity contribution in [3.05, 3.63) is 41.2 Å². The molecular weight excluding hydrogens is 252 g/mol. The zero-order valence-corrected chi connectivity index (χ0v) is 11.8. The fourth-order valence-corrected chi connectivity index (χ4v) is 2.79. The highest BCUT2D eigenvalue weighted by Crippen LogP contribution is 2.30. The number of nitrogens with two attached hydrogens (primary N) is 1. The van der Waals surface area contributed by atoms with Gasteiger partial charge in [0, 0.05) is 19.3 Å². The molecule has 3 rings (SSSR count). The van der Waals surface area contributed by atoms with E-state index < -0.39 is 0 Å². The van der Waals surface area contributed by atoms with Crippen LogP contribution in [0.2, 0.25) is 0 Å². The number of rotatable bonds is 2. The van der Waals surface area contributed by atoms with Gasteiger partial charge in [-0.15, -0.1) is 0 Å². The van der Waals surface area contributed by atoms with Crippen LogP contribution in [-0.2, 0) is 19.9 Å². The summed E-state index contributed by atoms with van der Waals surface area (Å²) in [4.78, 5) is 14.6. The van der Waals surface area contributed by atoms with Crippen LogP contribution >= 0.6 is 0 Å². The lowest BCUT2D eigenvalue weighted by Gasteiger charge is -2.17. The molecule has 0 spiro atoms. The van der Waals surface area contributed by atoms with Crippen LogP contribution in [0, 0.1) is 0 Å². The van der Waals surface area contributed by atoms with Gasteiger partial charge in [-0.2, -0.15) is 5.10 Å². The maximum absolute atomic E-state index is 12.8. The van der Waals surface area contributed by atoms with E-state index in [1.165, 1.54) is 5.56 Å². The maximum atomic E-state index is 12.8. The van der Waals surface area contributed by atoms with Gasteiger partial charge in [-0.3, -0.25) is 9.48 Å². The number of hydrogen-bond acceptors (Lipinski definition) is 3. The molecule has 0 unspecified atom stereocenters. The molecule has 0 atom stereocenters. The molecule has 5 heteroatoms. The average molecular weight is 270 g/mol. The Morgan fingerprint density at radius 2 is 2.15 bits per heavy atom. The first-order chi connectivity index (χ1) is 9.63. The summed E-state index contributed by atoms with van der Waals surface area (Å²) >= 11 is 0. The Balaban J connectivity index is 2.01. The van der Waals surface area contributed by atoms with E-state index in [4.69, 9.17) is 5.73 Å². The molecule has 0 bridgehead atoms. The summed E-state index contributed by atoms with van der Waals surface area (Å²) in [6.45, 7) is 2.68. The molecule has 104 valence electrons. The topological polar surface area (TPSA) is 64.2 Å². The van der Waals surface area contributed by atoms with E-state index in [1.807, 2.05) is 25.1 Å². The predicted molar refractivity (Wildman–Crippen MR) is 78.8 cm³/mol. The van der Waals surface area contributed by atoms with Crippen LogP contribution in [0.25, 0.3) is 0 Å². The van der Waals surface area contributed by atoms with Crippen LogP contribution in [-0.4, -0.2) is 22.2 Å². The first kappa shape index (κ1) is 12.7. The van der Waals surface area contributed by atoms with E-state index in [9.17, 15) is 4.79 Å². The van der Waals surface area contributed by atoms with Crippen molar-refractivity contribution in [2.24, 2.45) is 7.05 Å². The van der Waals surface area contributed by atoms with Crippen molar-refractivity contribution in [1.82, 2.24) is 9.78 Å². The lowest BCUT2D eigenvalue weighted by Crippen LogP contribution is -2.31. The van der Waals surface area contributed by atoms with Gasteiger partial charge in [0.05, 0.1) is 11.4 Å². The first-order valence-corrected chi connectivity index (χ1v) is 6.84. The van der Waals surface area contributed by atoms with Gasteiger partial charge in [-0.05, 0) is 24.5 Å². The molecule has 0 aliphatic carbocycles. The van der Waals surface area contributed by atoms with Crippen molar-refractivity contribution in [3.63, 3.8) is 0 Å². The molecule has 0 saturated heterocycles. The number of amides is 1. The van der Waals surface area contributed by atoms with Crippen molar-refractivity contribution >= 4 is 17.3 Å². The van der Waals surface area contributed by atoms with Gasteiger partial charge in [-0.1, -0.05) is 25.1 Å². The second kappa shape index (κ2) is 4.67. The number of carbonyl (C=O) groups excluding carboxylic acids is 1. The van der Waals surface area contributed by atoms with Crippen LogP contribution in [0.1, 0.15) is 28.7 Å². The van der Waals surface area contributed by atoms with Gasteiger partial charge < -0.3 is 10.6 Å². The molecule has 1 aliphatic rings. The third-order valence-corrected chi connectivity index (χ3v) is 3.83. The summed E-state index contributed by atoms with van der Waals surface area (Å²) in [6.07, 6.45) is 1.61. The van der Waals surface area contributed by atoms with E-state index in [1.54, 1.807) is 16.6 Å². The maximum Gasteiger partial charge on any atom is 0.278 e. The number of carbonyl (C=O) groups is 1. The molecule has 20 heavy (non-hydrogen) atoms. The number of benzene rings is 1. The Morgan fingerprint density at radius 1 is 1.40 bits per heavy atom. The Bertz CT molecular complexity index is 675. The third kappa shape index (κ3) is 1.78. The molecule has 1 aromatic heterocycles. The quantitative estimate of drug-likeness (QED) is 0.904. The molecule has 5 nitrogen and oxygen atoms in total. The number of hydrogen-bond donors (Lipinski definition) is 1. The summed E-state index contributed by atoms with van der Waals surface area (Å²) in [5, 5.41) is 4.32. The standard InChI is InChI=1S/C15H18N4O/c1-3-11-13(16)14(18(2)17-11)15(20)19-9-8-10-6-4-5-7-12(10)19/h4-7H,3,8-9,16H2,1-2H3. The highest BCUT2D eigenvalue weighted by atomic mass is 16.2. The van der Waals surface area contributed by atoms with E-state index in [0.717, 1.165) is 24.2 Å². The monoisotopic (exact) mass is 270 g/mol. The lowest BCUT2D eigenvalue weighted by molar-refractivity contribution is 0.0981. The molecule has 2 aromatic rings. The highest BCUT2D eigenvalue weighted by Gasteiger charge is 2.29. The Kier molecular flexibility index (Phi) is 2.97. The largest absolute Gasteiger partial charge is 0.395 e. The number of anilines is 2. The van der Waals surface area contributed by atoms with Gasteiger partial charge in [-0.25, -0.2) is 0 Å². The zero-order chi connectivity index (χ0) is 14.3. The molecule has 1 amide bonds. The highest BCUT2D eigenvalue weighted by molar-refractivity contribution is 6.09. The minimum Gasteiger partial charge on any atom is -0.395 e. The summed E-state index contributed by atoms with van der Waals surface area (Å²) in [6, 6.07) is 8.00. The minimum atomic E-state index is -0.0675. The van der Waals surface area contributed by atoms with Crippen molar-refractivity contribution < 1.29 is 4.79 Å². The fourth-order valence-electron chi connectivity index (χ4n) is 2.79. The van der Waals surface area contributed by atoms with Crippen LogP contribution in [0.15, 0.2) is 24.3 Å². The van der Waals surface area contributed by atoms with Gasteiger partial charge >= 0.3 is 0 Å². The Hall–Kier alpha value is -2.30. The lowest BCUT2D eigenvalue weighted by atomic mass is 10.2. The summed E-state index contributed by atoms with van der Waals surface area (Å²) < 4.78 is 1.59. The van der Waals surface area contributed by atoms with Crippen LogP contribution < -0.4 is 10.6 Å². The van der Waals surface area contributed by atoms with Crippen LogP contribution in [0.3, 0.4) is 0 Å². The van der Waals surface area contributed by atoms with E-state index in [0.29, 0.717) is 17.9 Å². The van der Waals surface area contributed by atoms with Crippen molar-refractivity contribution in [1.29, 1.82) is 0 Å². The SMILES string of the molecule is CCc1nn(C)c(C(=O)N2CCc3ccccc32)c1N. The first-order valence-electron chi connectivity index (χ1n) is 6.84. The van der Waals surface area contributed by atoms with Crippen molar-refractivity contribution in [3.8, 4) is 0 Å². The second-order valence-electron chi connectivity index (χ2n) is 5.02. The number of aromatic nitrogens is 2. The van der Waals surface area contributed by atoms with Crippen molar-refractivity contribution in [2.75, 3.05) is 17.2 Å². The summed E-state index contributed by atoms with van der Waals surface area (Å²) in [5.74, 6) is -0.0675. The van der Waals surface area contributed by atoms with E-state index in [2.05, 4.69) is 11.2 Å². The predicted octanol–water partition coefficient (Wildman–Crippen LogP) is 1.77. The molecule has 1 aliphatic heterocycles. The number of para-hydroxylation sites is 1. The summed E-state index contributed by atoms with van der Waals surface area (Å²) in [5.41, 5.74) is 10.0. The third-order valence-electron chi connectivity index (χ3n) is 3.83. The Morgan fingerprint density at radius 3 is 2.85 bits per heavy atom. The number of nitrogen functional groups attached to an aromatic ring is 1. The number of fused-ring (bicyclic) bond motifs is 1. The molecule has 0 radical (unpaired) electrons. The molecule has 2 N–H and O–H groups in total. The zero-order valence-electron chi connectivity index (χ0n) is 11.8. The van der Waals surface area contributed by atoms with Crippen LogP contribution in [0.4, 0.5) is 11.4 Å². The fraction of sp³-hybridized carbons (Fsp3) is 0.333. The Labute approximate surface area is 118 Å². The molecule has 2 heterocycles. The normalized spacial score (nSPS) is 13.6. The van der Waals surface area contributed by atoms with Gasteiger partial charge in [0.1, 0.15) is 5.69 Å². The summed E-state index contributed by atoms with van der Waals surface area (Å²) in [7, 11) is 1.77. The van der Waals surface area contributed by atoms with Gasteiger partial charge in [0.25, 0.3) is 5.91 Å². The molecule has 0 fully saturated rings.